The van der Waals surface area contributed by atoms with Gasteiger partial charge in [0.1, 0.15) is 5.75 Å². The van der Waals surface area contributed by atoms with Gasteiger partial charge in [-0.15, -0.1) is 0 Å². The minimum absolute atomic E-state index is 0.231. The average molecular weight is 423 g/mol. The van der Waals surface area contributed by atoms with Crippen molar-refractivity contribution in [1.29, 1.82) is 0 Å². The number of hydrogen-bond donors (Lipinski definition) is 0. The molecular weight excluding hydrogens is 384 g/mol. The van der Waals surface area contributed by atoms with E-state index in [9.17, 15) is 4.79 Å². The number of amides is 1. The van der Waals surface area contributed by atoms with E-state index in [0.29, 0.717) is 36.3 Å². The predicted octanol–water partition coefficient (Wildman–Crippen LogP) is 5.73. The Morgan fingerprint density at radius 2 is 2.00 bits per heavy atom. The minimum atomic E-state index is 0.231. The molecule has 1 aromatic rings. The number of hydrogen-bond acceptors (Lipinski definition) is 3. The van der Waals surface area contributed by atoms with Gasteiger partial charge in [0.15, 0.2) is 0 Å². The van der Waals surface area contributed by atoms with Gasteiger partial charge in [0.05, 0.1) is 12.8 Å². The molecule has 0 aromatic carbocycles. The summed E-state index contributed by atoms with van der Waals surface area (Å²) in [5, 5.41) is 0. The second kappa shape index (κ2) is 7.64. The number of nitrogens with zero attached hydrogens (tertiary/aromatic N) is 2. The van der Waals surface area contributed by atoms with Crippen LogP contribution in [0, 0.1) is 28.6 Å². The molecule has 1 aliphatic heterocycles. The summed E-state index contributed by atoms with van der Waals surface area (Å²) in [7, 11) is 0. The topological polar surface area (TPSA) is 42.4 Å². The normalized spacial score (nSPS) is 38.8. The molecule has 31 heavy (non-hydrogen) atoms. The predicted molar refractivity (Wildman–Crippen MR) is 124 cm³/mol. The SMILES string of the molecule is CCOc1cncc(C2=CC[C@H]3[C@@H]4CCC5N(C(=O)CC)CC[C@]5(C)[C@H]4CC[C@]23C)c1. The quantitative estimate of drug-likeness (QED) is 0.622. The van der Waals surface area contributed by atoms with E-state index in [4.69, 9.17) is 4.74 Å². The van der Waals surface area contributed by atoms with Crippen LogP contribution in [0.15, 0.2) is 24.5 Å². The van der Waals surface area contributed by atoms with Crippen molar-refractivity contribution >= 4 is 11.5 Å². The molecule has 1 unspecified atom stereocenters. The van der Waals surface area contributed by atoms with Gasteiger partial charge in [-0.05, 0) is 91.2 Å². The fourth-order valence-corrected chi connectivity index (χ4v) is 8.15. The fourth-order valence-electron chi connectivity index (χ4n) is 8.15. The molecule has 4 aliphatic rings. The Morgan fingerprint density at radius 1 is 1.16 bits per heavy atom. The van der Waals surface area contributed by atoms with E-state index in [1.165, 1.54) is 49.7 Å². The molecule has 1 amide bonds. The summed E-state index contributed by atoms with van der Waals surface area (Å²) in [6.45, 7) is 10.7. The first-order valence-electron chi connectivity index (χ1n) is 12.5. The molecule has 6 atom stereocenters. The van der Waals surface area contributed by atoms with Crippen LogP contribution in [0.2, 0.25) is 0 Å². The van der Waals surface area contributed by atoms with Crippen molar-refractivity contribution in [2.75, 3.05) is 13.2 Å². The van der Waals surface area contributed by atoms with Crippen LogP contribution >= 0.6 is 0 Å². The standard InChI is InChI=1S/C27H38N2O2/c1-5-25(30)29-14-13-27(4)23-11-12-26(3)21(18-15-19(31-6-2)17-28-16-18)8-9-22(26)20(23)7-10-24(27)29/h8,15-17,20,22-24H,5-7,9-14H2,1-4H3/t20-,22-,23-,24?,26+,27+/m0/s1. The summed E-state index contributed by atoms with van der Waals surface area (Å²) in [5.41, 5.74) is 3.27. The lowest BCUT2D eigenvalue weighted by Gasteiger charge is -2.57. The first kappa shape index (κ1) is 21.0. The van der Waals surface area contributed by atoms with Gasteiger partial charge >= 0.3 is 0 Å². The zero-order valence-corrected chi connectivity index (χ0v) is 19.7. The Bertz CT molecular complexity index is 895. The number of allylic oxidation sites excluding steroid dienone is 2. The van der Waals surface area contributed by atoms with Crippen molar-refractivity contribution in [3.8, 4) is 5.75 Å². The highest BCUT2D eigenvalue weighted by Gasteiger charge is 2.60. The van der Waals surface area contributed by atoms with E-state index in [1.807, 2.05) is 26.2 Å². The molecule has 1 saturated heterocycles. The molecule has 0 radical (unpaired) electrons. The van der Waals surface area contributed by atoms with Gasteiger partial charge in [-0.1, -0.05) is 26.8 Å². The zero-order valence-electron chi connectivity index (χ0n) is 19.7. The van der Waals surface area contributed by atoms with Crippen LogP contribution in [0.5, 0.6) is 5.75 Å². The van der Waals surface area contributed by atoms with Crippen LogP contribution in [0.4, 0.5) is 0 Å². The lowest BCUT2D eigenvalue weighted by atomic mass is 9.48. The maximum atomic E-state index is 12.6. The molecule has 3 fully saturated rings. The van der Waals surface area contributed by atoms with Gasteiger partial charge in [-0.25, -0.2) is 0 Å². The van der Waals surface area contributed by atoms with E-state index < -0.39 is 0 Å². The van der Waals surface area contributed by atoms with Crippen molar-refractivity contribution in [2.45, 2.75) is 78.7 Å². The molecule has 168 valence electrons. The number of fused-ring (bicyclic) bond motifs is 5. The highest BCUT2D eigenvalue weighted by molar-refractivity contribution is 5.77. The third-order valence-corrected chi connectivity index (χ3v) is 9.63. The second-order valence-corrected chi connectivity index (χ2v) is 10.8. The van der Waals surface area contributed by atoms with Gasteiger partial charge in [-0.2, -0.15) is 0 Å². The fraction of sp³-hybridized carbons (Fsp3) is 0.704. The number of likely N-dealkylation sites (tertiary alicyclic amines) is 1. The van der Waals surface area contributed by atoms with Gasteiger partial charge < -0.3 is 9.64 Å². The first-order chi connectivity index (χ1) is 14.9. The first-order valence-corrected chi connectivity index (χ1v) is 12.5. The Morgan fingerprint density at radius 3 is 2.77 bits per heavy atom. The van der Waals surface area contributed by atoms with Crippen molar-refractivity contribution in [3.05, 3.63) is 30.1 Å². The summed E-state index contributed by atoms with van der Waals surface area (Å²) in [4.78, 5) is 19.3. The Labute approximate surface area is 187 Å². The molecule has 3 aliphatic carbocycles. The Hall–Kier alpha value is -1.84. The molecule has 4 nitrogen and oxygen atoms in total. The molecule has 1 aromatic heterocycles. The molecule has 0 N–H and O–H groups in total. The van der Waals surface area contributed by atoms with E-state index in [-0.39, 0.29) is 5.41 Å². The third kappa shape index (κ3) is 3.08. The molecular formula is C27H38N2O2. The van der Waals surface area contributed by atoms with Gasteiger partial charge in [-0.3, -0.25) is 9.78 Å². The number of ether oxygens (including phenoxy) is 1. The third-order valence-electron chi connectivity index (χ3n) is 9.63. The molecule has 2 heterocycles. The number of pyridine rings is 1. The van der Waals surface area contributed by atoms with Gasteiger partial charge in [0.25, 0.3) is 0 Å². The zero-order chi connectivity index (χ0) is 21.8. The number of carbonyl (C=O) groups is 1. The van der Waals surface area contributed by atoms with Crippen LogP contribution in [0.3, 0.4) is 0 Å². The van der Waals surface area contributed by atoms with Crippen LogP contribution in [0.1, 0.15) is 78.2 Å². The number of aromatic nitrogens is 1. The maximum Gasteiger partial charge on any atom is 0.222 e. The highest BCUT2D eigenvalue weighted by Crippen LogP contribution is 2.66. The summed E-state index contributed by atoms with van der Waals surface area (Å²) in [6, 6.07) is 2.65. The monoisotopic (exact) mass is 422 g/mol. The summed E-state index contributed by atoms with van der Waals surface area (Å²) >= 11 is 0. The summed E-state index contributed by atoms with van der Waals surface area (Å²) in [5.74, 6) is 3.47. The average Bonchev–Trinajstić information content (AvgIpc) is 3.30. The van der Waals surface area contributed by atoms with Crippen molar-refractivity contribution in [1.82, 2.24) is 9.88 Å². The van der Waals surface area contributed by atoms with Gasteiger partial charge in [0.2, 0.25) is 5.91 Å². The molecule has 0 spiro atoms. The number of rotatable bonds is 4. The van der Waals surface area contributed by atoms with Crippen molar-refractivity contribution < 1.29 is 9.53 Å². The molecule has 5 rings (SSSR count). The smallest absolute Gasteiger partial charge is 0.222 e. The largest absolute Gasteiger partial charge is 0.492 e. The summed E-state index contributed by atoms with van der Waals surface area (Å²) < 4.78 is 5.74. The van der Waals surface area contributed by atoms with E-state index >= 15 is 0 Å². The molecule has 4 heteroatoms. The lowest BCUT2D eigenvalue weighted by Crippen LogP contribution is -2.54. The van der Waals surface area contributed by atoms with Crippen LogP contribution in [-0.4, -0.2) is 35.0 Å². The second-order valence-electron chi connectivity index (χ2n) is 10.8. The number of carbonyl (C=O) groups excluding carboxylic acids is 1. The van der Waals surface area contributed by atoms with Crippen LogP contribution < -0.4 is 4.74 Å². The summed E-state index contributed by atoms with van der Waals surface area (Å²) in [6.07, 6.45) is 14.4. The molecule has 0 bridgehead atoms. The van der Waals surface area contributed by atoms with Crippen LogP contribution in [-0.2, 0) is 4.79 Å². The van der Waals surface area contributed by atoms with E-state index in [2.05, 4.69) is 35.9 Å². The van der Waals surface area contributed by atoms with Crippen molar-refractivity contribution in [3.63, 3.8) is 0 Å². The van der Waals surface area contributed by atoms with Crippen molar-refractivity contribution in [2.24, 2.45) is 28.6 Å². The maximum absolute atomic E-state index is 12.6. The minimum Gasteiger partial charge on any atom is -0.492 e. The highest BCUT2D eigenvalue weighted by atomic mass is 16.5. The van der Waals surface area contributed by atoms with E-state index in [0.717, 1.165) is 24.1 Å². The van der Waals surface area contributed by atoms with Crippen LogP contribution in [0.25, 0.3) is 5.57 Å². The molecule has 2 saturated carbocycles. The van der Waals surface area contributed by atoms with Gasteiger partial charge in [0, 0.05) is 25.2 Å². The Kier molecular flexibility index (Phi) is 5.18. The van der Waals surface area contributed by atoms with E-state index in [1.54, 1.807) is 0 Å². The lowest BCUT2D eigenvalue weighted by molar-refractivity contribution is -0.136. The Balaban J connectivity index is 1.40.